The molecule has 1 aromatic heterocycles. The van der Waals surface area contributed by atoms with Crippen molar-refractivity contribution in [1.29, 1.82) is 0 Å². The standard InChI is InChI=1S/C9H16N4O/c1-7-11-9(12-14-7)6-13(2)8-3-4-10-5-8/h8,10H,3-6H2,1-2H3. The van der Waals surface area contributed by atoms with Gasteiger partial charge in [-0.15, -0.1) is 0 Å². The van der Waals surface area contributed by atoms with Crippen molar-refractivity contribution >= 4 is 0 Å². The Balaban J connectivity index is 1.90. The molecule has 5 heteroatoms. The van der Waals surface area contributed by atoms with Gasteiger partial charge in [0, 0.05) is 19.5 Å². The predicted molar refractivity (Wildman–Crippen MR) is 51.8 cm³/mol. The molecule has 0 bridgehead atoms. The van der Waals surface area contributed by atoms with E-state index in [9.17, 15) is 0 Å². The number of aromatic nitrogens is 2. The van der Waals surface area contributed by atoms with Gasteiger partial charge in [0.2, 0.25) is 5.89 Å². The normalized spacial score (nSPS) is 22.1. The van der Waals surface area contributed by atoms with Gasteiger partial charge in [-0.3, -0.25) is 4.90 Å². The molecule has 0 aromatic carbocycles. The Morgan fingerprint density at radius 2 is 2.50 bits per heavy atom. The molecule has 1 saturated heterocycles. The summed E-state index contributed by atoms with van der Waals surface area (Å²) in [7, 11) is 2.10. The molecule has 1 aliphatic rings. The number of rotatable bonds is 3. The average Bonchev–Trinajstić information content (AvgIpc) is 2.75. The molecule has 1 aliphatic heterocycles. The highest BCUT2D eigenvalue weighted by molar-refractivity contribution is 4.86. The maximum atomic E-state index is 4.92. The lowest BCUT2D eigenvalue weighted by molar-refractivity contribution is 0.239. The number of aryl methyl sites for hydroxylation is 1. The molecule has 78 valence electrons. The molecule has 5 nitrogen and oxygen atoms in total. The number of likely N-dealkylation sites (N-methyl/N-ethyl adjacent to an activating group) is 1. The van der Waals surface area contributed by atoms with Crippen molar-refractivity contribution in [2.45, 2.75) is 25.9 Å². The Hall–Kier alpha value is -0.940. The molecule has 0 amide bonds. The van der Waals surface area contributed by atoms with Gasteiger partial charge in [0.15, 0.2) is 5.82 Å². The van der Waals surface area contributed by atoms with Crippen LogP contribution in [-0.4, -0.2) is 41.2 Å². The third kappa shape index (κ3) is 2.10. The van der Waals surface area contributed by atoms with Crippen molar-refractivity contribution in [3.63, 3.8) is 0 Å². The Labute approximate surface area is 83.5 Å². The summed E-state index contributed by atoms with van der Waals surface area (Å²) in [5.41, 5.74) is 0. The summed E-state index contributed by atoms with van der Waals surface area (Å²) < 4.78 is 4.92. The van der Waals surface area contributed by atoms with E-state index < -0.39 is 0 Å². The summed E-state index contributed by atoms with van der Waals surface area (Å²) in [6.45, 7) is 4.75. The Morgan fingerprint density at radius 3 is 3.07 bits per heavy atom. The van der Waals surface area contributed by atoms with Crippen LogP contribution in [0.25, 0.3) is 0 Å². The fourth-order valence-electron chi connectivity index (χ4n) is 1.77. The molecule has 0 aliphatic carbocycles. The van der Waals surface area contributed by atoms with Gasteiger partial charge in [0.25, 0.3) is 0 Å². The molecule has 14 heavy (non-hydrogen) atoms. The summed E-state index contributed by atoms with van der Waals surface area (Å²) in [4.78, 5) is 6.45. The zero-order valence-corrected chi connectivity index (χ0v) is 8.66. The molecule has 0 saturated carbocycles. The van der Waals surface area contributed by atoms with Crippen LogP contribution in [0.15, 0.2) is 4.52 Å². The minimum absolute atomic E-state index is 0.605. The van der Waals surface area contributed by atoms with Crippen molar-refractivity contribution in [1.82, 2.24) is 20.4 Å². The molecular formula is C9H16N4O. The van der Waals surface area contributed by atoms with Crippen LogP contribution in [0.5, 0.6) is 0 Å². The Morgan fingerprint density at radius 1 is 1.64 bits per heavy atom. The van der Waals surface area contributed by atoms with Crippen molar-refractivity contribution in [3.8, 4) is 0 Å². The van der Waals surface area contributed by atoms with Crippen LogP contribution in [0.4, 0.5) is 0 Å². The average molecular weight is 196 g/mol. The van der Waals surface area contributed by atoms with E-state index in [1.54, 1.807) is 0 Å². The van der Waals surface area contributed by atoms with E-state index in [0.29, 0.717) is 11.9 Å². The molecule has 2 rings (SSSR count). The quantitative estimate of drug-likeness (QED) is 0.747. The second-order valence-electron chi connectivity index (χ2n) is 3.79. The lowest BCUT2D eigenvalue weighted by Gasteiger charge is -2.21. The monoisotopic (exact) mass is 196 g/mol. The van der Waals surface area contributed by atoms with Crippen LogP contribution >= 0.6 is 0 Å². The summed E-state index contributed by atoms with van der Waals surface area (Å²) in [6, 6.07) is 0.605. The third-order valence-electron chi connectivity index (χ3n) is 2.62. The van der Waals surface area contributed by atoms with Crippen molar-refractivity contribution in [2.75, 3.05) is 20.1 Å². The van der Waals surface area contributed by atoms with Crippen LogP contribution in [0.2, 0.25) is 0 Å². The minimum Gasteiger partial charge on any atom is -0.340 e. The smallest absolute Gasteiger partial charge is 0.223 e. The lowest BCUT2D eigenvalue weighted by Crippen LogP contribution is -2.33. The fourth-order valence-corrected chi connectivity index (χ4v) is 1.77. The van der Waals surface area contributed by atoms with E-state index in [-0.39, 0.29) is 0 Å². The molecule has 1 fully saturated rings. The number of hydrogen-bond donors (Lipinski definition) is 1. The molecule has 0 spiro atoms. The van der Waals surface area contributed by atoms with Gasteiger partial charge < -0.3 is 9.84 Å². The number of nitrogens with zero attached hydrogens (tertiary/aromatic N) is 3. The summed E-state index contributed by atoms with van der Waals surface area (Å²) in [5.74, 6) is 1.41. The Bertz CT molecular complexity index is 293. The second kappa shape index (κ2) is 4.06. The van der Waals surface area contributed by atoms with Gasteiger partial charge in [-0.2, -0.15) is 4.98 Å². The fraction of sp³-hybridized carbons (Fsp3) is 0.778. The first kappa shape index (κ1) is 9.61. The van der Waals surface area contributed by atoms with E-state index in [1.165, 1.54) is 6.42 Å². The maximum Gasteiger partial charge on any atom is 0.223 e. The first-order valence-electron chi connectivity index (χ1n) is 4.96. The SMILES string of the molecule is Cc1nc(CN(C)C2CCNC2)no1. The topological polar surface area (TPSA) is 54.2 Å². The Kier molecular flexibility index (Phi) is 2.79. The number of nitrogens with one attached hydrogen (secondary N) is 1. The second-order valence-corrected chi connectivity index (χ2v) is 3.79. The number of hydrogen-bond acceptors (Lipinski definition) is 5. The van der Waals surface area contributed by atoms with Crippen molar-refractivity contribution in [3.05, 3.63) is 11.7 Å². The van der Waals surface area contributed by atoms with Crippen LogP contribution in [-0.2, 0) is 6.54 Å². The third-order valence-corrected chi connectivity index (χ3v) is 2.62. The van der Waals surface area contributed by atoms with Gasteiger partial charge in [0.1, 0.15) is 0 Å². The first-order chi connectivity index (χ1) is 6.75. The zero-order chi connectivity index (χ0) is 9.97. The van der Waals surface area contributed by atoms with E-state index in [1.807, 2.05) is 6.92 Å². The van der Waals surface area contributed by atoms with Crippen molar-refractivity contribution < 1.29 is 4.52 Å². The molecule has 1 aromatic rings. The van der Waals surface area contributed by atoms with E-state index in [4.69, 9.17) is 4.52 Å². The van der Waals surface area contributed by atoms with Crippen molar-refractivity contribution in [2.24, 2.45) is 0 Å². The lowest BCUT2D eigenvalue weighted by atomic mass is 10.2. The largest absolute Gasteiger partial charge is 0.340 e. The molecule has 1 unspecified atom stereocenters. The highest BCUT2D eigenvalue weighted by Gasteiger charge is 2.20. The van der Waals surface area contributed by atoms with E-state index in [0.717, 1.165) is 25.5 Å². The molecule has 0 radical (unpaired) electrons. The minimum atomic E-state index is 0.605. The molecule has 2 heterocycles. The van der Waals surface area contributed by atoms with Crippen LogP contribution < -0.4 is 5.32 Å². The highest BCUT2D eigenvalue weighted by atomic mass is 16.5. The summed E-state index contributed by atoms with van der Waals surface area (Å²) >= 11 is 0. The molecule has 1 N–H and O–H groups in total. The zero-order valence-electron chi connectivity index (χ0n) is 8.66. The predicted octanol–water partition coefficient (Wildman–Crippen LogP) is 0.172. The molecule has 1 atom stereocenters. The van der Waals surface area contributed by atoms with E-state index >= 15 is 0 Å². The van der Waals surface area contributed by atoms with E-state index in [2.05, 4.69) is 27.4 Å². The van der Waals surface area contributed by atoms with Gasteiger partial charge in [-0.05, 0) is 20.0 Å². The van der Waals surface area contributed by atoms with Gasteiger partial charge in [-0.1, -0.05) is 5.16 Å². The highest BCUT2D eigenvalue weighted by Crippen LogP contribution is 2.09. The van der Waals surface area contributed by atoms with Crippen LogP contribution in [0.1, 0.15) is 18.1 Å². The molecular weight excluding hydrogens is 180 g/mol. The summed E-state index contributed by atoms with van der Waals surface area (Å²) in [5, 5.41) is 7.22. The van der Waals surface area contributed by atoms with Gasteiger partial charge in [-0.25, -0.2) is 0 Å². The van der Waals surface area contributed by atoms with Gasteiger partial charge >= 0.3 is 0 Å². The maximum absolute atomic E-state index is 4.92. The van der Waals surface area contributed by atoms with Crippen LogP contribution in [0.3, 0.4) is 0 Å². The first-order valence-corrected chi connectivity index (χ1v) is 4.96. The van der Waals surface area contributed by atoms with Gasteiger partial charge in [0.05, 0.1) is 6.54 Å². The van der Waals surface area contributed by atoms with Crippen LogP contribution in [0, 0.1) is 6.92 Å². The summed E-state index contributed by atoms with van der Waals surface area (Å²) in [6.07, 6.45) is 1.20.